The monoisotopic (exact) mass is 359 g/mol. The number of rotatable bonds is 5. The maximum Gasteiger partial charge on any atom is 0.259 e. The fourth-order valence-corrected chi connectivity index (χ4v) is 3.00. The molecule has 122 valence electrons. The normalized spacial score (nSPS) is 10.6. The van der Waals surface area contributed by atoms with Crippen LogP contribution in [0.1, 0.15) is 12.7 Å². The fraction of sp³-hybridized carbons (Fsp3) is 0.118. The second-order valence-corrected chi connectivity index (χ2v) is 6.45. The molecule has 1 N–H and O–H groups in total. The number of hydrogen-bond donors (Lipinski definition) is 1. The minimum Gasteiger partial charge on any atom is -0.334 e. The summed E-state index contributed by atoms with van der Waals surface area (Å²) in [4.78, 5) is 16.4. The Kier molecular flexibility index (Phi) is 5.17. The molecule has 0 saturated carbocycles. The summed E-state index contributed by atoms with van der Waals surface area (Å²) in [6.45, 7) is 1.48. The van der Waals surface area contributed by atoms with Crippen LogP contribution in [0.25, 0.3) is 11.5 Å². The number of amides is 1. The van der Waals surface area contributed by atoms with E-state index >= 15 is 0 Å². The molecule has 0 saturated heterocycles. The van der Waals surface area contributed by atoms with Crippen molar-refractivity contribution in [3.8, 4) is 11.5 Å². The van der Waals surface area contributed by atoms with Crippen LogP contribution in [-0.4, -0.2) is 16.0 Å². The Balaban J connectivity index is 1.63. The number of nitrogens with one attached hydrogen (secondary N) is 1. The number of carbonyl (C=O) groups excluding carboxylic acids is 1. The predicted molar refractivity (Wildman–Crippen MR) is 95.1 cm³/mol. The lowest BCUT2D eigenvalue weighted by atomic mass is 10.2. The van der Waals surface area contributed by atoms with Gasteiger partial charge in [-0.15, -0.1) is 11.8 Å². The summed E-state index contributed by atoms with van der Waals surface area (Å²) in [5.74, 6) is 1.50. The van der Waals surface area contributed by atoms with Gasteiger partial charge < -0.3 is 9.84 Å². The quantitative estimate of drug-likeness (QED) is 0.672. The Hall–Kier alpha value is -2.31. The van der Waals surface area contributed by atoms with Crippen molar-refractivity contribution in [1.82, 2.24) is 10.1 Å². The van der Waals surface area contributed by atoms with Gasteiger partial charge in [0.25, 0.3) is 5.89 Å². The molecule has 0 spiro atoms. The molecule has 1 aromatic heterocycles. The van der Waals surface area contributed by atoms with Crippen molar-refractivity contribution in [2.45, 2.75) is 17.6 Å². The van der Waals surface area contributed by atoms with Crippen molar-refractivity contribution < 1.29 is 9.32 Å². The molecule has 3 rings (SSSR count). The topological polar surface area (TPSA) is 68.0 Å². The first-order valence-corrected chi connectivity index (χ1v) is 8.56. The van der Waals surface area contributed by atoms with Crippen molar-refractivity contribution in [2.24, 2.45) is 0 Å². The number of halogens is 1. The smallest absolute Gasteiger partial charge is 0.259 e. The van der Waals surface area contributed by atoms with Gasteiger partial charge in [-0.25, -0.2) is 0 Å². The van der Waals surface area contributed by atoms with Gasteiger partial charge in [-0.3, -0.25) is 4.79 Å². The first-order chi connectivity index (χ1) is 11.6. The number of thioether (sulfide) groups is 1. The van der Waals surface area contributed by atoms with Crippen LogP contribution >= 0.6 is 23.4 Å². The summed E-state index contributed by atoms with van der Waals surface area (Å²) in [7, 11) is 0. The van der Waals surface area contributed by atoms with Crippen molar-refractivity contribution in [3.05, 3.63) is 59.4 Å². The highest BCUT2D eigenvalue weighted by atomic mass is 35.5. The van der Waals surface area contributed by atoms with Crippen LogP contribution in [0.3, 0.4) is 0 Å². The average molecular weight is 360 g/mol. The minimum atomic E-state index is -0.0886. The predicted octanol–water partition coefficient (Wildman–Crippen LogP) is 4.64. The van der Waals surface area contributed by atoms with E-state index in [-0.39, 0.29) is 5.91 Å². The van der Waals surface area contributed by atoms with Crippen molar-refractivity contribution in [3.63, 3.8) is 0 Å². The molecule has 5 nitrogen and oxygen atoms in total. The Labute approximate surface area is 148 Å². The zero-order valence-electron chi connectivity index (χ0n) is 12.8. The molecule has 2 aromatic carbocycles. The van der Waals surface area contributed by atoms with Crippen LogP contribution in [0, 0.1) is 0 Å². The van der Waals surface area contributed by atoms with Crippen molar-refractivity contribution >= 4 is 35.0 Å². The van der Waals surface area contributed by atoms with Gasteiger partial charge in [0, 0.05) is 17.5 Å². The van der Waals surface area contributed by atoms with Gasteiger partial charge in [-0.2, -0.15) is 4.98 Å². The molecule has 0 bridgehead atoms. The molecule has 0 aliphatic carbocycles. The maximum absolute atomic E-state index is 11.0. The van der Waals surface area contributed by atoms with E-state index < -0.39 is 0 Å². The maximum atomic E-state index is 11.0. The zero-order valence-corrected chi connectivity index (χ0v) is 14.4. The van der Waals surface area contributed by atoms with Gasteiger partial charge in [-0.1, -0.05) is 28.9 Å². The molecule has 3 aromatic rings. The van der Waals surface area contributed by atoms with E-state index in [1.54, 1.807) is 17.8 Å². The van der Waals surface area contributed by atoms with Crippen LogP contribution < -0.4 is 5.32 Å². The third-order valence-corrected chi connectivity index (χ3v) is 4.45. The van der Waals surface area contributed by atoms with Crippen LogP contribution in [0.5, 0.6) is 0 Å². The summed E-state index contributed by atoms with van der Waals surface area (Å²) < 4.78 is 5.28. The fourth-order valence-electron chi connectivity index (χ4n) is 2.04. The Bertz CT molecular complexity index is 849. The van der Waals surface area contributed by atoms with Gasteiger partial charge in [0.1, 0.15) is 0 Å². The van der Waals surface area contributed by atoms with Crippen LogP contribution in [0.15, 0.2) is 57.9 Å². The molecule has 24 heavy (non-hydrogen) atoms. The Morgan fingerprint density at radius 1 is 1.21 bits per heavy atom. The lowest BCUT2D eigenvalue weighted by Crippen LogP contribution is -2.05. The molecule has 0 aliphatic heterocycles. The van der Waals surface area contributed by atoms with Crippen LogP contribution in [-0.2, 0) is 10.5 Å². The summed E-state index contributed by atoms with van der Waals surface area (Å²) in [6.07, 6.45) is 0. The summed E-state index contributed by atoms with van der Waals surface area (Å²) in [6, 6.07) is 14.9. The van der Waals surface area contributed by atoms with Gasteiger partial charge in [0.2, 0.25) is 5.91 Å². The van der Waals surface area contributed by atoms with Gasteiger partial charge >= 0.3 is 0 Å². The standard InChI is InChI=1S/C17H14ClN3O2S/c1-11(22)19-12-6-8-13(9-7-12)24-10-16-20-17(23-21-16)14-4-2-3-5-15(14)18/h2-9H,10H2,1H3,(H,19,22). The molecule has 0 aliphatic rings. The molecular weight excluding hydrogens is 346 g/mol. The van der Waals surface area contributed by atoms with E-state index in [0.717, 1.165) is 16.1 Å². The van der Waals surface area contributed by atoms with Gasteiger partial charge in [-0.05, 0) is 36.4 Å². The summed E-state index contributed by atoms with van der Waals surface area (Å²) >= 11 is 7.71. The summed E-state index contributed by atoms with van der Waals surface area (Å²) in [5, 5.41) is 7.29. The van der Waals surface area contributed by atoms with E-state index in [1.165, 1.54) is 6.92 Å². The Morgan fingerprint density at radius 2 is 1.96 bits per heavy atom. The number of anilines is 1. The van der Waals surface area contributed by atoms with Crippen molar-refractivity contribution in [1.29, 1.82) is 0 Å². The molecule has 0 radical (unpaired) electrons. The number of carbonyl (C=O) groups is 1. The number of benzene rings is 2. The van der Waals surface area contributed by atoms with E-state index in [4.69, 9.17) is 16.1 Å². The Morgan fingerprint density at radius 3 is 2.67 bits per heavy atom. The first-order valence-electron chi connectivity index (χ1n) is 7.20. The SMILES string of the molecule is CC(=O)Nc1ccc(SCc2noc(-c3ccccc3Cl)n2)cc1. The highest BCUT2D eigenvalue weighted by Crippen LogP contribution is 2.28. The first kappa shape index (κ1) is 16.5. The van der Waals surface area contributed by atoms with Gasteiger partial charge in [0.05, 0.1) is 16.3 Å². The van der Waals surface area contributed by atoms with E-state index in [9.17, 15) is 4.79 Å². The highest BCUT2D eigenvalue weighted by molar-refractivity contribution is 7.98. The highest BCUT2D eigenvalue weighted by Gasteiger charge is 2.11. The molecule has 0 unspecified atom stereocenters. The lowest BCUT2D eigenvalue weighted by Gasteiger charge is -2.03. The van der Waals surface area contributed by atoms with Gasteiger partial charge in [0.15, 0.2) is 5.82 Å². The second kappa shape index (κ2) is 7.51. The minimum absolute atomic E-state index is 0.0886. The molecule has 0 atom stereocenters. The molecule has 7 heteroatoms. The molecule has 1 amide bonds. The average Bonchev–Trinajstić information content (AvgIpc) is 3.03. The number of aromatic nitrogens is 2. The molecule has 0 fully saturated rings. The second-order valence-electron chi connectivity index (χ2n) is 4.99. The number of hydrogen-bond acceptors (Lipinski definition) is 5. The molecule has 1 heterocycles. The third-order valence-electron chi connectivity index (χ3n) is 3.11. The molecular formula is C17H14ClN3O2S. The van der Waals surface area contributed by atoms with E-state index in [2.05, 4.69) is 15.5 Å². The van der Waals surface area contributed by atoms with E-state index in [1.807, 2.05) is 42.5 Å². The van der Waals surface area contributed by atoms with Crippen molar-refractivity contribution in [2.75, 3.05) is 5.32 Å². The number of nitrogens with zero attached hydrogens (tertiary/aromatic N) is 2. The zero-order chi connectivity index (χ0) is 16.9. The van der Waals surface area contributed by atoms with Crippen LogP contribution in [0.4, 0.5) is 5.69 Å². The van der Waals surface area contributed by atoms with E-state index in [0.29, 0.717) is 22.5 Å². The van der Waals surface area contributed by atoms with Crippen LogP contribution in [0.2, 0.25) is 5.02 Å². The third kappa shape index (κ3) is 4.15. The lowest BCUT2D eigenvalue weighted by molar-refractivity contribution is -0.114. The largest absolute Gasteiger partial charge is 0.334 e. The summed E-state index contributed by atoms with van der Waals surface area (Å²) in [5.41, 5.74) is 1.50.